The Morgan fingerprint density at radius 3 is 1.82 bits per heavy atom. The van der Waals surface area contributed by atoms with Gasteiger partial charge in [-0.3, -0.25) is 19.3 Å². The molecule has 0 aromatic carbocycles. The van der Waals surface area contributed by atoms with Gasteiger partial charge in [-0.1, -0.05) is 6.92 Å². The number of hydrogen-bond donors (Lipinski definition) is 1. The van der Waals surface area contributed by atoms with Gasteiger partial charge in [-0.2, -0.15) is 0 Å². The Balaban J connectivity index is 4.44. The molecule has 2 N–H and O–H groups in total. The summed E-state index contributed by atoms with van der Waals surface area (Å²) in [6.07, 6.45) is 0. The van der Waals surface area contributed by atoms with Crippen LogP contribution >= 0.6 is 0 Å². The molecule has 0 aliphatic rings. The van der Waals surface area contributed by atoms with Crippen LogP contribution in [0.4, 0.5) is 0 Å². The fraction of sp³-hybridized carbons (Fsp3) is 0.700. The molecule has 1 amide bonds. The van der Waals surface area contributed by atoms with Crippen molar-refractivity contribution in [3.8, 4) is 0 Å². The van der Waals surface area contributed by atoms with Crippen LogP contribution < -0.4 is 5.73 Å². The van der Waals surface area contributed by atoms with E-state index in [-0.39, 0.29) is 19.6 Å². The molecule has 0 rings (SSSR count). The summed E-state index contributed by atoms with van der Waals surface area (Å²) >= 11 is 0. The molecule has 0 spiro atoms. The van der Waals surface area contributed by atoms with Crippen molar-refractivity contribution in [2.24, 2.45) is 11.7 Å². The zero-order valence-corrected chi connectivity index (χ0v) is 10.3. The summed E-state index contributed by atoms with van der Waals surface area (Å²) in [4.78, 5) is 34.6. The largest absolute Gasteiger partial charge is 0.468 e. The molecule has 17 heavy (non-hydrogen) atoms. The van der Waals surface area contributed by atoms with Crippen LogP contribution in [0.25, 0.3) is 0 Å². The lowest BCUT2D eigenvalue weighted by atomic mass is 10.1. The first-order chi connectivity index (χ1) is 7.90. The third kappa shape index (κ3) is 6.52. The molecule has 0 aliphatic heterocycles. The first-order valence-corrected chi connectivity index (χ1v) is 5.06. The minimum absolute atomic E-state index is 0.0940. The fourth-order valence-electron chi connectivity index (χ4n) is 1.16. The summed E-state index contributed by atoms with van der Waals surface area (Å²) in [5.41, 5.74) is 5.11. The number of nitrogens with two attached hydrogens (primary N) is 1. The summed E-state index contributed by atoms with van der Waals surface area (Å²) in [7, 11) is 2.49. The zero-order chi connectivity index (χ0) is 13.4. The summed E-state index contributed by atoms with van der Waals surface area (Å²) in [5, 5.41) is 0. The third-order valence-corrected chi connectivity index (χ3v) is 2.18. The molecule has 0 fully saturated rings. The molecule has 7 nitrogen and oxygen atoms in total. The van der Waals surface area contributed by atoms with E-state index >= 15 is 0 Å². The molecule has 7 heteroatoms. The molecule has 0 bridgehead atoms. The molecule has 1 unspecified atom stereocenters. The van der Waals surface area contributed by atoms with Gasteiger partial charge in [0.25, 0.3) is 0 Å². The van der Waals surface area contributed by atoms with Crippen molar-refractivity contribution in [3.63, 3.8) is 0 Å². The van der Waals surface area contributed by atoms with Gasteiger partial charge in [-0.05, 0) is 0 Å². The Kier molecular flexibility index (Phi) is 6.88. The lowest BCUT2D eigenvalue weighted by molar-refractivity contribution is -0.146. The molecule has 0 aliphatic carbocycles. The van der Waals surface area contributed by atoms with Crippen molar-refractivity contribution in [2.45, 2.75) is 6.92 Å². The fourth-order valence-corrected chi connectivity index (χ4v) is 1.16. The Bertz CT molecular complexity index is 274. The number of ether oxygens (including phenoxy) is 2. The number of esters is 2. The highest BCUT2D eigenvalue weighted by molar-refractivity contribution is 5.77. The van der Waals surface area contributed by atoms with Crippen molar-refractivity contribution in [1.29, 1.82) is 0 Å². The van der Waals surface area contributed by atoms with Gasteiger partial charge in [-0.25, -0.2) is 0 Å². The standard InChI is InChI=1S/C10H18N2O5/c1-7(10(11)15)4-12(5-8(13)16-2)6-9(14)17-3/h7H,4-6H2,1-3H3,(H2,11,15). The van der Waals surface area contributed by atoms with Gasteiger partial charge in [0, 0.05) is 12.5 Å². The highest BCUT2D eigenvalue weighted by atomic mass is 16.5. The summed E-state index contributed by atoms with van der Waals surface area (Å²) in [6, 6.07) is 0. The van der Waals surface area contributed by atoms with Crippen LogP contribution in [-0.4, -0.2) is 56.6 Å². The van der Waals surface area contributed by atoms with E-state index in [0.29, 0.717) is 0 Å². The number of hydrogen-bond acceptors (Lipinski definition) is 6. The summed E-state index contributed by atoms with van der Waals surface area (Å²) in [6.45, 7) is 1.62. The van der Waals surface area contributed by atoms with Crippen LogP contribution in [0.5, 0.6) is 0 Å². The predicted molar refractivity (Wildman–Crippen MR) is 58.8 cm³/mol. The van der Waals surface area contributed by atoms with Gasteiger partial charge in [0.15, 0.2) is 0 Å². The molecule has 0 saturated carbocycles. The molecular formula is C10H18N2O5. The van der Waals surface area contributed by atoms with Crippen molar-refractivity contribution in [3.05, 3.63) is 0 Å². The predicted octanol–water partition coefficient (Wildman–Crippen LogP) is -1.24. The number of rotatable bonds is 7. The number of methoxy groups -OCH3 is 2. The molecule has 98 valence electrons. The maximum absolute atomic E-state index is 11.1. The average Bonchev–Trinajstić information content (AvgIpc) is 2.28. The van der Waals surface area contributed by atoms with E-state index in [1.165, 1.54) is 19.1 Å². The SMILES string of the molecule is COC(=O)CN(CC(=O)OC)CC(C)C(N)=O. The third-order valence-electron chi connectivity index (χ3n) is 2.18. The van der Waals surface area contributed by atoms with Crippen LogP contribution in [-0.2, 0) is 23.9 Å². The quantitative estimate of drug-likeness (QED) is 0.564. The zero-order valence-electron chi connectivity index (χ0n) is 10.3. The van der Waals surface area contributed by atoms with Crippen LogP contribution in [0.3, 0.4) is 0 Å². The van der Waals surface area contributed by atoms with E-state index < -0.39 is 23.8 Å². The molecule has 0 heterocycles. The topological polar surface area (TPSA) is 98.9 Å². The number of nitrogens with zero attached hydrogens (tertiary/aromatic N) is 1. The van der Waals surface area contributed by atoms with Gasteiger partial charge in [-0.15, -0.1) is 0 Å². The smallest absolute Gasteiger partial charge is 0.319 e. The van der Waals surface area contributed by atoms with Crippen LogP contribution in [0.2, 0.25) is 0 Å². The van der Waals surface area contributed by atoms with Crippen LogP contribution in [0.1, 0.15) is 6.92 Å². The Morgan fingerprint density at radius 1 is 1.12 bits per heavy atom. The van der Waals surface area contributed by atoms with Crippen molar-refractivity contribution in [2.75, 3.05) is 33.9 Å². The van der Waals surface area contributed by atoms with Gasteiger partial charge in [0.2, 0.25) is 5.91 Å². The number of amides is 1. The Labute approximate surface area is 99.8 Å². The van der Waals surface area contributed by atoms with Gasteiger partial charge < -0.3 is 15.2 Å². The lowest BCUT2D eigenvalue weighted by Crippen LogP contribution is -2.41. The van der Waals surface area contributed by atoms with Crippen LogP contribution in [0, 0.1) is 5.92 Å². The first-order valence-electron chi connectivity index (χ1n) is 5.06. The summed E-state index contributed by atoms with van der Waals surface area (Å²) in [5.74, 6) is -1.95. The first kappa shape index (κ1) is 15.4. The molecular weight excluding hydrogens is 228 g/mol. The van der Waals surface area contributed by atoms with E-state index in [4.69, 9.17) is 5.73 Å². The molecule has 0 aromatic heterocycles. The minimum Gasteiger partial charge on any atom is -0.468 e. The Hall–Kier alpha value is -1.63. The van der Waals surface area contributed by atoms with Gasteiger partial charge >= 0.3 is 11.9 Å². The Morgan fingerprint density at radius 2 is 1.53 bits per heavy atom. The number of carbonyl (C=O) groups is 3. The van der Waals surface area contributed by atoms with E-state index in [0.717, 1.165) is 0 Å². The van der Waals surface area contributed by atoms with Gasteiger partial charge in [0.05, 0.1) is 27.3 Å². The maximum atomic E-state index is 11.1. The molecule has 0 aromatic rings. The molecule has 0 saturated heterocycles. The second-order valence-corrected chi connectivity index (χ2v) is 3.63. The van der Waals surface area contributed by atoms with Crippen molar-refractivity contribution < 1.29 is 23.9 Å². The highest BCUT2D eigenvalue weighted by Gasteiger charge is 2.20. The van der Waals surface area contributed by atoms with E-state index in [2.05, 4.69) is 9.47 Å². The minimum atomic E-state index is -0.496. The van der Waals surface area contributed by atoms with Gasteiger partial charge in [0.1, 0.15) is 0 Å². The van der Waals surface area contributed by atoms with E-state index in [1.54, 1.807) is 6.92 Å². The number of carbonyl (C=O) groups excluding carboxylic acids is 3. The number of primary amides is 1. The monoisotopic (exact) mass is 246 g/mol. The van der Waals surface area contributed by atoms with Crippen molar-refractivity contribution >= 4 is 17.8 Å². The average molecular weight is 246 g/mol. The van der Waals surface area contributed by atoms with Crippen LogP contribution in [0.15, 0.2) is 0 Å². The van der Waals surface area contributed by atoms with E-state index in [1.807, 2.05) is 0 Å². The highest BCUT2D eigenvalue weighted by Crippen LogP contribution is 2.00. The lowest BCUT2D eigenvalue weighted by Gasteiger charge is -2.21. The normalized spacial score (nSPS) is 12.0. The second kappa shape index (κ2) is 7.61. The molecule has 0 radical (unpaired) electrons. The maximum Gasteiger partial charge on any atom is 0.319 e. The molecule has 1 atom stereocenters. The van der Waals surface area contributed by atoms with E-state index in [9.17, 15) is 14.4 Å². The second-order valence-electron chi connectivity index (χ2n) is 3.63. The van der Waals surface area contributed by atoms with Crippen molar-refractivity contribution in [1.82, 2.24) is 4.90 Å². The summed E-state index contributed by atoms with van der Waals surface area (Å²) < 4.78 is 8.98.